The molecule has 64 valence electrons. The molecule has 1 N–H and O–H groups in total. The summed E-state index contributed by atoms with van der Waals surface area (Å²) >= 11 is 0. The summed E-state index contributed by atoms with van der Waals surface area (Å²) in [5.74, 6) is 0. The van der Waals surface area contributed by atoms with Gasteiger partial charge in [0.15, 0.2) is 5.03 Å². The molecule has 0 bridgehead atoms. The lowest BCUT2D eigenvalue weighted by molar-refractivity contribution is -0.547. The minimum absolute atomic E-state index is 0.382. The highest BCUT2D eigenvalue weighted by Crippen LogP contribution is 2.06. The monoisotopic (exact) mass is 159 g/mol. The summed E-state index contributed by atoms with van der Waals surface area (Å²) in [6.07, 6.45) is 3.59. The van der Waals surface area contributed by atoms with Gasteiger partial charge in [0, 0.05) is 13.1 Å². The summed E-state index contributed by atoms with van der Waals surface area (Å²) in [5, 5.41) is 9.42. The lowest BCUT2D eigenvalue weighted by Gasteiger charge is -2.24. The van der Waals surface area contributed by atoms with E-state index in [9.17, 15) is 10.1 Å². The molecule has 0 unspecified atom stereocenters. The van der Waals surface area contributed by atoms with Crippen LogP contribution in [0, 0.1) is 10.1 Å². The molecule has 11 heavy (non-hydrogen) atoms. The normalized spacial score (nSPS) is 19.6. The van der Waals surface area contributed by atoms with Crippen molar-refractivity contribution in [3.63, 3.8) is 0 Å². The molecule has 0 spiro atoms. The van der Waals surface area contributed by atoms with Gasteiger partial charge in [0.2, 0.25) is 0 Å². The van der Waals surface area contributed by atoms with Gasteiger partial charge in [0.1, 0.15) is 6.67 Å². The Balaban J connectivity index is 2.09. The zero-order valence-electron chi connectivity index (χ0n) is 6.45. The average molecular weight is 159 g/mol. The number of likely N-dealkylation sites (tertiary alicyclic amines) is 1. The number of nitrogens with zero attached hydrogens (tertiary/aromatic N) is 2. The molecule has 0 aromatic rings. The molecule has 1 fully saturated rings. The number of hydrogen-bond donors (Lipinski definition) is 1. The Kier molecular flexibility index (Phi) is 3.10. The molecule has 0 radical (unpaired) electrons. The second-order valence-corrected chi connectivity index (χ2v) is 2.75. The Morgan fingerprint density at radius 2 is 2.00 bits per heavy atom. The fraction of sp³-hybridized carbons (Fsp3) is 1.00. The van der Waals surface area contributed by atoms with Crippen LogP contribution in [0.3, 0.4) is 0 Å². The number of hydrogen-bond acceptors (Lipinski definition) is 3. The van der Waals surface area contributed by atoms with Crippen molar-refractivity contribution in [2.45, 2.75) is 19.3 Å². The number of nitro groups is 1. The highest BCUT2D eigenvalue weighted by molar-refractivity contribution is 4.61. The first kappa shape index (κ1) is 8.26. The molecule has 5 heteroatoms. The van der Waals surface area contributed by atoms with Crippen molar-refractivity contribution in [3.8, 4) is 0 Å². The van der Waals surface area contributed by atoms with Crippen LogP contribution in [-0.2, 0) is 0 Å². The summed E-state index contributed by atoms with van der Waals surface area (Å²) in [4.78, 5) is 12.0. The maximum atomic E-state index is 9.91. The zero-order chi connectivity index (χ0) is 8.10. The van der Waals surface area contributed by atoms with Gasteiger partial charge >= 0.3 is 0 Å². The Bertz CT molecular complexity index is 134. The fourth-order valence-corrected chi connectivity index (χ4v) is 1.28. The minimum Gasteiger partial charge on any atom is -0.282 e. The van der Waals surface area contributed by atoms with Crippen molar-refractivity contribution in [2.75, 3.05) is 19.8 Å². The molecule has 1 aliphatic heterocycles. The van der Waals surface area contributed by atoms with E-state index in [4.69, 9.17) is 0 Å². The summed E-state index contributed by atoms with van der Waals surface area (Å²) < 4.78 is 0. The van der Waals surface area contributed by atoms with E-state index in [0.717, 1.165) is 13.1 Å². The minimum atomic E-state index is -0.491. The van der Waals surface area contributed by atoms with E-state index >= 15 is 0 Å². The molecule has 0 aromatic carbocycles. The quantitative estimate of drug-likeness (QED) is 0.472. The molecular formula is C6H13N3O2. The first-order valence-electron chi connectivity index (χ1n) is 3.89. The summed E-state index contributed by atoms with van der Waals surface area (Å²) in [7, 11) is 0. The highest BCUT2D eigenvalue weighted by atomic mass is 16.7. The molecule has 1 aliphatic rings. The molecule has 0 aliphatic carbocycles. The maximum Gasteiger partial charge on any atom is 0.158 e. The highest BCUT2D eigenvalue weighted by Gasteiger charge is 2.10. The van der Waals surface area contributed by atoms with Crippen LogP contribution in [0.4, 0.5) is 0 Å². The van der Waals surface area contributed by atoms with E-state index in [0.29, 0.717) is 6.67 Å². The first-order valence-corrected chi connectivity index (χ1v) is 3.89. The average Bonchev–Trinajstić information content (AvgIpc) is 2.03. The Morgan fingerprint density at radius 1 is 1.36 bits per heavy atom. The zero-order valence-corrected chi connectivity index (χ0v) is 6.45. The van der Waals surface area contributed by atoms with E-state index in [1.165, 1.54) is 19.3 Å². The third-order valence-corrected chi connectivity index (χ3v) is 1.87. The Morgan fingerprint density at radius 3 is 2.55 bits per heavy atom. The van der Waals surface area contributed by atoms with Gasteiger partial charge in [-0.25, -0.2) is 10.1 Å². The van der Waals surface area contributed by atoms with Crippen LogP contribution in [-0.4, -0.2) is 29.7 Å². The van der Waals surface area contributed by atoms with E-state index in [-0.39, 0.29) is 0 Å². The summed E-state index contributed by atoms with van der Waals surface area (Å²) in [6, 6.07) is 0. The predicted molar refractivity (Wildman–Crippen MR) is 40.4 cm³/mol. The van der Waals surface area contributed by atoms with E-state index in [1.807, 2.05) is 0 Å². The SMILES string of the molecule is O=[N+]([O-])NCN1CCCCC1. The van der Waals surface area contributed by atoms with Gasteiger partial charge in [0.05, 0.1) is 0 Å². The van der Waals surface area contributed by atoms with Gasteiger partial charge in [0.25, 0.3) is 0 Å². The Hall–Kier alpha value is -0.840. The van der Waals surface area contributed by atoms with Crippen molar-refractivity contribution in [3.05, 3.63) is 10.1 Å². The molecule has 5 nitrogen and oxygen atoms in total. The Labute approximate surface area is 65.5 Å². The summed E-state index contributed by atoms with van der Waals surface area (Å²) in [6.45, 7) is 2.36. The van der Waals surface area contributed by atoms with Gasteiger partial charge in [-0.1, -0.05) is 6.42 Å². The van der Waals surface area contributed by atoms with Gasteiger partial charge in [-0.2, -0.15) is 0 Å². The lowest BCUT2D eigenvalue weighted by atomic mass is 10.1. The first-order chi connectivity index (χ1) is 5.29. The van der Waals surface area contributed by atoms with Crippen LogP contribution in [0.5, 0.6) is 0 Å². The van der Waals surface area contributed by atoms with Crippen molar-refractivity contribution in [1.29, 1.82) is 0 Å². The number of hydrazine groups is 1. The predicted octanol–water partition coefficient (Wildman–Crippen LogP) is 0.211. The lowest BCUT2D eigenvalue weighted by Crippen LogP contribution is -2.40. The van der Waals surface area contributed by atoms with Crippen molar-refractivity contribution < 1.29 is 5.03 Å². The topological polar surface area (TPSA) is 58.4 Å². The molecule has 1 rings (SSSR count). The largest absolute Gasteiger partial charge is 0.282 e. The van der Waals surface area contributed by atoms with Crippen molar-refractivity contribution in [2.24, 2.45) is 0 Å². The van der Waals surface area contributed by atoms with Gasteiger partial charge < -0.3 is 0 Å². The number of piperidine rings is 1. The van der Waals surface area contributed by atoms with E-state index in [2.05, 4.69) is 10.3 Å². The van der Waals surface area contributed by atoms with E-state index < -0.39 is 5.03 Å². The molecule has 0 aromatic heterocycles. The van der Waals surface area contributed by atoms with Crippen molar-refractivity contribution >= 4 is 0 Å². The van der Waals surface area contributed by atoms with Crippen LogP contribution in [0.1, 0.15) is 19.3 Å². The standard InChI is InChI=1S/C6H13N3O2/c10-9(11)7-6-8-4-2-1-3-5-8/h7H,1-6H2. The van der Waals surface area contributed by atoms with Crippen molar-refractivity contribution in [1.82, 2.24) is 10.3 Å². The van der Waals surface area contributed by atoms with Crippen LogP contribution in [0.25, 0.3) is 0 Å². The molecular weight excluding hydrogens is 146 g/mol. The van der Waals surface area contributed by atoms with Gasteiger partial charge in [-0.3, -0.25) is 4.90 Å². The molecule has 0 atom stereocenters. The van der Waals surface area contributed by atoms with Crippen LogP contribution >= 0.6 is 0 Å². The number of nitrogens with one attached hydrogen (secondary N) is 1. The third-order valence-electron chi connectivity index (χ3n) is 1.87. The van der Waals surface area contributed by atoms with Gasteiger partial charge in [-0.05, 0) is 12.8 Å². The fourth-order valence-electron chi connectivity index (χ4n) is 1.28. The molecule has 0 saturated carbocycles. The third kappa shape index (κ3) is 3.18. The molecule has 1 saturated heterocycles. The van der Waals surface area contributed by atoms with E-state index in [1.54, 1.807) is 0 Å². The maximum absolute atomic E-state index is 9.91. The smallest absolute Gasteiger partial charge is 0.158 e. The second-order valence-electron chi connectivity index (χ2n) is 2.75. The second kappa shape index (κ2) is 4.12. The molecule has 1 heterocycles. The number of rotatable bonds is 3. The molecule has 0 amide bonds. The van der Waals surface area contributed by atoms with Crippen LogP contribution in [0.15, 0.2) is 0 Å². The van der Waals surface area contributed by atoms with Gasteiger partial charge in [-0.15, -0.1) is 5.43 Å². The van der Waals surface area contributed by atoms with Crippen LogP contribution in [0.2, 0.25) is 0 Å². The summed E-state index contributed by atoms with van der Waals surface area (Å²) in [5.41, 5.74) is 2.16. The van der Waals surface area contributed by atoms with Crippen LogP contribution < -0.4 is 5.43 Å².